The van der Waals surface area contributed by atoms with Gasteiger partial charge < -0.3 is 20.6 Å². The van der Waals surface area contributed by atoms with Gasteiger partial charge in [0.05, 0.1) is 17.4 Å². The number of hydrogen-bond acceptors (Lipinski definition) is 4. The molecule has 0 bridgehead atoms. The van der Waals surface area contributed by atoms with Gasteiger partial charge in [-0.1, -0.05) is 18.2 Å². The molecule has 22 heavy (non-hydrogen) atoms. The molecule has 0 aliphatic rings. The molecule has 3 N–H and O–H groups in total. The molecule has 0 unspecified atom stereocenters. The number of thiophene rings is 1. The van der Waals surface area contributed by atoms with Crippen LogP contribution < -0.4 is 15.5 Å². The monoisotopic (exact) mass is 319 g/mol. The minimum atomic E-state index is -0.277. The fourth-order valence-electron chi connectivity index (χ4n) is 2.19. The predicted molar refractivity (Wildman–Crippen MR) is 91.7 cm³/mol. The molecule has 1 aromatic heterocycles. The summed E-state index contributed by atoms with van der Waals surface area (Å²) in [5.74, 6) is 0. The van der Waals surface area contributed by atoms with Crippen LogP contribution in [-0.4, -0.2) is 31.8 Å². The van der Waals surface area contributed by atoms with Crippen molar-refractivity contribution in [3.8, 4) is 0 Å². The van der Waals surface area contributed by atoms with Crippen molar-refractivity contribution in [1.29, 1.82) is 0 Å². The van der Waals surface area contributed by atoms with Crippen molar-refractivity contribution in [1.82, 2.24) is 5.32 Å². The number of anilines is 2. The van der Waals surface area contributed by atoms with Crippen molar-refractivity contribution in [2.45, 2.75) is 12.5 Å². The van der Waals surface area contributed by atoms with Gasteiger partial charge in [0, 0.05) is 25.6 Å². The lowest BCUT2D eigenvalue weighted by atomic mass is 10.2. The molecule has 0 aliphatic carbocycles. The Labute approximate surface area is 134 Å². The summed E-state index contributed by atoms with van der Waals surface area (Å²) in [6.07, 6.45) is 0.489. The normalized spacial score (nSPS) is 11.8. The number of hydrogen-bond donors (Lipinski definition) is 3. The van der Waals surface area contributed by atoms with Crippen molar-refractivity contribution in [2.75, 3.05) is 30.9 Å². The molecule has 1 heterocycles. The zero-order valence-corrected chi connectivity index (χ0v) is 13.6. The molecule has 1 atom stereocenters. The van der Waals surface area contributed by atoms with E-state index in [9.17, 15) is 9.90 Å². The first-order chi connectivity index (χ1) is 10.6. The van der Waals surface area contributed by atoms with Crippen molar-refractivity contribution in [3.05, 3.63) is 46.7 Å². The van der Waals surface area contributed by atoms with Gasteiger partial charge >= 0.3 is 6.03 Å². The number of aliphatic hydroxyl groups is 1. The number of nitrogens with zero attached hydrogens (tertiary/aromatic N) is 1. The van der Waals surface area contributed by atoms with Gasteiger partial charge in [0.1, 0.15) is 0 Å². The zero-order chi connectivity index (χ0) is 15.9. The SMILES string of the molecule is CN(C)c1ccccc1NC(=O)N[C@@H](CCO)c1cccs1. The summed E-state index contributed by atoms with van der Waals surface area (Å²) in [6.45, 7) is 0.0249. The highest BCUT2D eigenvalue weighted by Gasteiger charge is 2.16. The lowest BCUT2D eigenvalue weighted by Gasteiger charge is -2.20. The maximum absolute atomic E-state index is 12.2. The Morgan fingerprint density at radius 2 is 2.05 bits per heavy atom. The number of amides is 2. The Kier molecular flexibility index (Phi) is 5.80. The summed E-state index contributed by atoms with van der Waals surface area (Å²) in [6, 6.07) is 11.1. The quantitative estimate of drug-likeness (QED) is 0.767. The second-order valence-corrected chi connectivity index (χ2v) is 6.07. The van der Waals surface area contributed by atoms with Crippen LogP contribution in [0.5, 0.6) is 0 Å². The highest BCUT2D eigenvalue weighted by atomic mass is 32.1. The van der Waals surface area contributed by atoms with Crippen LogP contribution >= 0.6 is 11.3 Å². The van der Waals surface area contributed by atoms with Crippen LogP contribution in [0.15, 0.2) is 41.8 Å². The second-order valence-electron chi connectivity index (χ2n) is 5.09. The van der Waals surface area contributed by atoms with Crippen LogP contribution in [0, 0.1) is 0 Å². The third-order valence-electron chi connectivity index (χ3n) is 3.24. The minimum Gasteiger partial charge on any atom is -0.396 e. The smallest absolute Gasteiger partial charge is 0.319 e. The molecule has 0 spiro atoms. The topological polar surface area (TPSA) is 64.6 Å². The number of nitrogens with one attached hydrogen (secondary N) is 2. The first-order valence-electron chi connectivity index (χ1n) is 7.10. The third-order valence-corrected chi connectivity index (χ3v) is 4.23. The first kappa shape index (κ1) is 16.3. The maximum atomic E-state index is 12.2. The number of benzene rings is 1. The molecule has 0 saturated heterocycles. The zero-order valence-electron chi connectivity index (χ0n) is 12.7. The van der Waals surface area contributed by atoms with Crippen LogP contribution in [0.4, 0.5) is 16.2 Å². The van der Waals surface area contributed by atoms with Crippen LogP contribution in [-0.2, 0) is 0 Å². The number of rotatable bonds is 6. The van der Waals surface area contributed by atoms with E-state index in [1.54, 1.807) is 11.3 Å². The Hall–Kier alpha value is -2.05. The molecule has 2 rings (SSSR count). The number of urea groups is 1. The van der Waals surface area contributed by atoms with Gasteiger partial charge in [0.15, 0.2) is 0 Å². The lowest BCUT2D eigenvalue weighted by molar-refractivity contribution is 0.239. The Bertz CT molecular complexity index is 599. The van der Waals surface area contributed by atoms with Gasteiger partial charge in [0.25, 0.3) is 0 Å². The van der Waals surface area contributed by atoms with Gasteiger partial charge in [-0.25, -0.2) is 4.79 Å². The molecular formula is C16H21N3O2S. The third kappa shape index (κ3) is 4.22. The van der Waals surface area contributed by atoms with E-state index in [0.29, 0.717) is 6.42 Å². The Morgan fingerprint density at radius 3 is 2.68 bits per heavy atom. The molecule has 0 aliphatic heterocycles. The van der Waals surface area contributed by atoms with E-state index < -0.39 is 0 Å². The number of carbonyl (C=O) groups excluding carboxylic acids is 1. The predicted octanol–water partition coefficient (Wildman–Crippen LogP) is 3.06. The van der Waals surface area contributed by atoms with Crippen molar-refractivity contribution >= 4 is 28.7 Å². The molecule has 2 amide bonds. The van der Waals surface area contributed by atoms with E-state index in [0.717, 1.165) is 16.3 Å². The summed E-state index contributed by atoms with van der Waals surface area (Å²) in [4.78, 5) is 15.2. The molecule has 0 radical (unpaired) electrons. The summed E-state index contributed by atoms with van der Waals surface area (Å²) in [5, 5.41) is 16.9. The summed E-state index contributed by atoms with van der Waals surface area (Å²) >= 11 is 1.57. The Balaban J connectivity index is 2.06. The molecule has 0 fully saturated rings. The minimum absolute atomic E-state index is 0.0249. The fourth-order valence-corrected chi connectivity index (χ4v) is 3.00. The summed E-state index contributed by atoms with van der Waals surface area (Å²) < 4.78 is 0. The van der Waals surface area contributed by atoms with E-state index in [1.807, 2.05) is 60.8 Å². The highest BCUT2D eigenvalue weighted by molar-refractivity contribution is 7.10. The molecule has 1 aromatic carbocycles. The largest absolute Gasteiger partial charge is 0.396 e. The molecular weight excluding hydrogens is 298 g/mol. The van der Waals surface area contributed by atoms with E-state index in [2.05, 4.69) is 10.6 Å². The number of para-hydroxylation sites is 2. The average Bonchev–Trinajstić information content (AvgIpc) is 3.01. The molecule has 2 aromatic rings. The van der Waals surface area contributed by atoms with E-state index in [4.69, 9.17) is 0 Å². The van der Waals surface area contributed by atoms with Crippen molar-refractivity contribution < 1.29 is 9.90 Å². The van der Waals surface area contributed by atoms with E-state index in [-0.39, 0.29) is 18.7 Å². The Morgan fingerprint density at radius 1 is 1.27 bits per heavy atom. The van der Waals surface area contributed by atoms with Crippen molar-refractivity contribution in [3.63, 3.8) is 0 Å². The molecule has 0 saturated carbocycles. The average molecular weight is 319 g/mol. The van der Waals surface area contributed by atoms with Gasteiger partial charge in [0.2, 0.25) is 0 Å². The van der Waals surface area contributed by atoms with Crippen LogP contribution in [0.3, 0.4) is 0 Å². The van der Waals surface area contributed by atoms with Gasteiger partial charge in [-0.15, -0.1) is 11.3 Å². The summed E-state index contributed by atoms with van der Waals surface area (Å²) in [5.41, 5.74) is 1.69. The van der Waals surface area contributed by atoms with Gasteiger partial charge in [-0.2, -0.15) is 0 Å². The van der Waals surface area contributed by atoms with E-state index in [1.165, 1.54) is 0 Å². The first-order valence-corrected chi connectivity index (χ1v) is 7.98. The van der Waals surface area contributed by atoms with E-state index >= 15 is 0 Å². The van der Waals surface area contributed by atoms with Crippen LogP contribution in [0.25, 0.3) is 0 Å². The summed E-state index contributed by atoms with van der Waals surface area (Å²) in [7, 11) is 3.86. The van der Waals surface area contributed by atoms with Gasteiger partial charge in [-0.3, -0.25) is 0 Å². The fraction of sp³-hybridized carbons (Fsp3) is 0.312. The molecule has 5 nitrogen and oxygen atoms in total. The number of carbonyl (C=O) groups is 1. The number of aliphatic hydroxyl groups excluding tert-OH is 1. The second kappa shape index (κ2) is 7.82. The standard InChI is InChI=1S/C16H21N3O2S/c1-19(2)14-7-4-3-6-12(14)17-16(21)18-13(9-10-20)15-8-5-11-22-15/h3-8,11,13,20H,9-10H2,1-2H3,(H2,17,18,21)/t13-/m0/s1. The van der Waals surface area contributed by atoms with Crippen LogP contribution in [0.2, 0.25) is 0 Å². The lowest BCUT2D eigenvalue weighted by Crippen LogP contribution is -2.33. The maximum Gasteiger partial charge on any atom is 0.319 e. The van der Waals surface area contributed by atoms with Crippen LogP contribution in [0.1, 0.15) is 17.3 Å². The molecule has 6 heteroatoms. The van der Waals surface area contributed by atoms with Gasteiger partial charge in [-0.05, 0) is 30.0 Å². The van der Waals surface area contributed by atoms with Crippen molar-refractivity contribution in [2.24, 2.45) is 0 Å². The highest BCUT2D eigenvalue weighted by Crippen LogP contribution is 2.25. The molecule has 118 valence electrons.